The zero-order valence-electron chi connectivity index (χ0n) is 10.7. The van der Waals surface area contributed by atoms with Gasteiger partial charge in [0.1, 0.15) is 11.5 Å². The first-order valence-electron chi connectivity index (χ1n) is 6.28. The number of ether oxygens (including phenoxy) is 1. The molecule has 0 aromatic carbocycles. The van der Waals surface area contributed by atoms with E-state index < -0.39 is 0 Å². The molecule has 2 N–H and O–H groups in total. The van der Waals surface area contributed by atoms with Gasteiger partial charge >= 0.3 is 0 Å². The zero-order valence-corrected chi connectivity index (χ0v) is 10.7. The molecule has 1 fully saturated rings. The molecular formula is C13H22N2O2. The molecule has 0 radical (unpaired) electrons. The second-order valence-corrected chi connectivity index (χ2v) is 4.71. The second-order valence-electron chi connectivity index (χ2n) is 4.71. The molecule has 1 aromatic rings. The Kier molecular flexibility index (Phi) is 4.20. The van der Waals surface area contributed by atoms with Crippen LogP contribution < -0.4 is 5.73 Å². The first-order chi connectivity index (χ1) is 8.22. The molecule has 1 aliphatic heterocycles. The van der Waals surface area contributed by atoms with Crippen molar-refractivity contribution in [2.45, 2.75) is 31.8 Å². The van der Waals surface area contributed by atoms with Crippen LogP contribution in [0.5, 0.6) is 0 Å². The number of rotatable bonds is 4. The zero-order chi connectivity index (χ0) is 12.3. The molecule has 17 heavy (non-hydrogen) atoms. The van der Waals surface area contributed by atoms with Crippen LogP contribution in [0.3, 0.4) is 0 Å². The van der Waals surface area contributed by atoms with Crippen LogP contribution in [0.25, 0.3) is 0 Å². The molecule has 0 amide bonds. The van der Waals surface area contributed by atoms with Gasteiger partial charge in [-0.2, -0.15) is 0 Å². The van der Waals surface area contributed by atoms with Crippen molar-refractivity contribution in [3.8, 4) is 0 Å². The van der Waals surface area contributed by atoms with E-state index in [1.807, 2.05) is 19.1 Å². The fourth-order valence-corrected chi connectivity index (χ4v) is 2.46. The predicted molar refractivity (Wildman–Crippen MR) is 66.8 cm³/mol. The van der Waals surface area contributed by atoms with Crippen LogP contribution in [0.4, 0.5) is 0 Å². The lowest BCUT2D eigenvalue weighted by atomic mass is 10.0. The number of hydrogen-bond donors (Lipinski definition) is 1. The lowest BCUT2D eigenvalue weighted by molar-refractivity contribution is 0.0259. The summed E-state index contributed by atoms with van der Waals surface area (Å²) >= 11 is 0. The number of nitrogens with zero attached hydrogens (tertiary/aromatic N) is 1. The van der Waals surface area contributed by atoms with Crippen LogP contribution in [0.15, 0.2) is 16.5 Å². The lowest BCUT2D eigenvalue weighted by Gasteiger charge is -2.35. The summed E-state index contributed by atoms with van der Waals surface area (Å²) < 4.78 is 11.1. The van der Waals surface area contributed by atoms with Gasteiger partial charge in [0.25, 0.3) is 0 Å². The summed E-state index contributed by atoms with van der Waals surface area (Å²) in [5.41, 5.74) is 5.89. The first kappa shape index (κ1) is 12.6. The summed E-state index contributed by atoms with van der Waals surface area (Å²) in [5, 5.41) is 0. The minimum absolute atomic E-state index is 0.173. The van der Waals surface area contributed by atoms with Crippen molar-refractivity contribution in [3.05, 3.63) is 23.7 Å². The van der Waals surface area contributed by atoms with Gasteiger partial charge in [-0.3, -0.25) is 4.90 Å². The maximum absolute atomic E-state index is 5.89. The fraction of sp³-hybridized carbons (Fsp3) is 0.692. The summed E-state index contributed by atoms with van der Waals surface area (Å²) in [5.74, 6) is 1.91. The third-order valence-electron chi connectivity index (χ3n) is 3.57. The van der Waals surface area contributed by atoms with Crippen molar-refractivity contribution >= 4 is 0 Å². The first-order valence-corrected chi connectivity index (χ1v) is 6.28. The quantitative estimate of drug-likeness (QED) is 0.867. The van der Waals surface area contributed by atoms with E-state index in [1.165, 1.54) is 0 Å². The van der Waals surface area contributed by atoms with Crippen LogP contribution in [0, 0.1) is 6.92 Å². The molecule has 0 bridgehead atoms. The lowest BCUT2D eigenvalue weighted by Crippen LogP contribution is -2.41. The van der Waals surface area contributed by atoms with Gasteiger partial charge in [-0.05, 0) is 38.9 Å². The second kappa shape index (κ2) is 5.67. The molecule has 1 unspecified atom stereocenters. The van der Waals surface area contributed by atoms with E-state index in [0.717, 1.165) is 37.6 Å². The van der Waals surface area contributed by atoms with E-state index in [0.29, 0.717) is 12.6 Å². The molecule has 1 aromatic heterocycles. The maximum Gasteiger partial charge on any atom is 0.122 e. The van der Waals surface area contributed by atoms with E-state index in [2.05, 4.69) is 11.9 Å². The number of furan rings is 1. The molecule has 4 heteroatoms. The van der Waals surface area contributed by atoms with E-state index in [9.17, 15) is 0 Å². The molecule has 2 rings (SSSR count). The maximum atomic E-state index is 5.89. The van der Waals surface area contributed by atoms with Crippen LogP contribution in [-0.2, 0) is 4.74 Å². The van der Waals surface area contributed by atoms with Crippen molar-refractivity contribution in [2.75, 3.05) is 26.8 Å². The van der Waals surface area contributed by atoms with Gasteiger partial charge in [-0.25, -0.2) is 0 Å². The number of nitrogens with two attached hydrogens (primary N) is 1. The van der Waals surface area contributed by atoms with Gasteiger partial charge in [0, 0.05) is 25.8 Å². The monoisotopic (exact) mass is 238 g/mol. The molecular weight excluding hydrogens is 216 g/mol. The molecule has 1 aliphatic rings. The predicted octanol–water partition coefficient (Wildman–Crippen LogP) is 1.70. The Labute approximate surface area is 103 Å². The van der Waals surface area contributed by atoms with Crippen LogP contribution >= 0.6 is 0 Å². The standard InChI is InChI=1S/C13H22N2O2/c1-10-3-4-13(17-10)12(9-14)15(2)11-5-7-16-8-6-11/h3-4,11-12H,5-9,14H2,1-2H3. The van der Waals surface area contributed by atoms with E-state index in [4.69, 9.17) is 14.9 Å². The van der Waals surface area contributed by atoms with Crippen molar-refractivity contribution in [2.24, 2.45) is 5.73 Å². The highest BCUT2D eigenvalue weighted by molar-refractivity contribution is 5.10. The largest absolute Gasteiger partial charge is 0.465 e. The molecule has 0 aliphatic carbocycles. The fourth-order valence-electron chi connectivity index (χ4n) is 2.46. The molecule has 1 atom stereocenters. The van der Waals surface area contributed by atoms with Gasteiger partial charge in [-0.15, -0.1) is 0 Å². The molecule has 96 valence electrons. The topological polar surface area (TPSA) is 51.6 Å². The van der Waals surface area contributed by atoms with Crippen molar-refractivity contribution in [1.29, 1.82) is 0 Å². The Morgan fingerprint density at radius 1 is 1.41 bits per heavy atom. The van der Waals surface area contributed by atoms with E-state index >= 15 is 0 Å². The minimum atomic E-state index is 0.173. The average molecular weight is 238 g/mol. The highest BCUT2D eigenvalue weighted by atomic mass is 16.5. The van der Waals surface area contributed by atoms with Gasteiger partial charge in [0.2, 0.25) is 0 Å². The summed E-state index contributed by atoms with van der Waals surface area (Å²) in [7, 11) is 2.13. The molecule has 0 saturated carbocycles. The normalized spacial score (nSPS) is 19.8. The third kappa shape index (κ3) is 2.89. The van der Waals surface area contributed by atoms with Crippen molar-refractivity contribution in [3.63, 3.8) is 0 Å². The Balaban J connectivity index is 2.06. The molecule has 1 saturated heterocycles. The van der Waals surface area contributed by atoms with Crippen LogP contribution in [0.1, 0.15) is 30.4 Å². The summed E-state index contributed by atoms with van der Waals surface area (Å²) in [4.78, 5) is 2.33. The van der Waals surface area contributed by atoms with Crippen LogP contribution in [-0.4, -0.2) is 37.7 Å². The summed E-state index contributed by atoms with van der Waals surface area (Å²) in [6, 6.07) is 4.74. The van der Waals surface area contributed by atoms with Gasteiger partial charge in [0.05, 0.1) is 6.04 Å². The smallest absolute Gasteiger partial charge is 0.122 e. The Hall–Kier alpha value is -0.840. The summed E-state index contributed by atoms with van der Waals surface area (Å²) in [6.07, 6.45) is 2.15. The average Bonchev–Trinajstić information content (AvgIpc) is 2.78. The van der Waals surface area contributed by atoms with E-state index in [1.54, 1.807) is 0 Å². The third-order valence-corrected chi connectivity index (χ3v) is 3.57. The Bertz CT molecular complexity index is 345. The van der Waals surface area contributed by atoms with Gasteiger partial charge < -0.3 is 14.9 Å². The molecule has 0 spiro atoms. The highest BCUT2D eigenvalue weighted by Crippen LogP contribution is 2.25. The highest BCUT2D eigenvalue weighted by Gasteiger charge is 2.26. The number of hydrogen-bond acceptors (Lipinski definition) is 4. The Morgan fingerprint density at radius 3 is 2.65 bits per heavy atom. The van der Waals surface area contributed by atoms with Crippen LogP contribution in [0.2, 0.25) is 0 Å². The number of aryl methyl sites for hydroxylation is 1. The van der Waals surface area contributed by atoms with Crippen molar-refractivity contribution in [1.82, 2.24) is 4.90 Å². The van der Waals surface area contributed by atoms with E-state index in [-0.39, 0.29) is 6.04 Å². The Morgan fingerprint density at radius 2 is 2.12 bits per heavy atom. The van der Waals surface area contributed by atoms with Crippen molar-refractivity contribution < 1.29 is 9.15 Å². The SMILES string of the molecule is Cc1ccc(C(CN)N(C)C2CCOCC2)o1. The minimum Gasteiger partial charge on any atom is -0.465 e. The van der Waals surface area contributed by atoms with Gasteiger partial charge in [0.15, 0.2) is 0 Å². The molecule has 2 heterocycles. The summed E-state index contributed by atoms with van der Waals surface area (Å²) in [6.45, 7) is 4.25. The van der Waals surface area contributed by atoms with Gasteiger partial charge in [-0.1, -0.05) is 0 Å². The number of likely N-dealkylation sites (N-methyl/N-ethyl adjacent to an activating group) is 1. The molecule has 4 nitrogen and oxygen atoms in total.